The van der Waals surface area contributed by atoms with Gasteiger partial charge in [0, 0.05) is 12.5 Å². The van der Waals surface area contributed by atoms with E-state index in [1.54, 1.807) is 12.1 Å². The average molecular weight is 222 g/mol. The van der Waals surface area contributed by atoms with Gasteiger partial charge in [-0.05, 0) is 50.2 Å². The number of halogens is 1. The molecule has 2 atom stereocenters. The van der Waals surface area contributed by atoms with Gasteiger partial charge in [-0.2, -0.15) is 0 Å². The second-order valence-corrected chi connectivity index (χ2v) is 4.47. The molecule has 2 nitrogen and oxygen atoms in total. The van der Waals surface area contributed by atoms with Crippen LogP contribution in [-0.4, -0.2) is 26.7 Å². The Morgan fingerprint density at radius 2 is 2.19 bits per heavy atom. The van der Waals surface area contributed by atoms with Crippen molar-refractivity contribution in [1.82, 2.24) is 10.6 Å². The summed E-state index contributed by atoms with van der Waals surface area (Å²) in [5.74, 6) is 0.995. The molecule has 1 heterocycles. The first-order valence-corrected chi connectivity index (χ1v) is 5.92. The number of rotatable bonds is 4. The van der Waals surface area contributed by atoms with Gasteiger partial charge in [0.25, 0.3) is 0 Å². The molecule has 1 saturated heterocycles. The maximum absolute atomic E-state index is 12.9. The minimum atomic E-state index is -0.156. The van der Waals surface area contributed by atoms with Crippen LogP contribution in [0.5, 0.6) is 0 Å². The highest BCUT2D eigenvalue weighted by atomic mass is 19.1. The Bertz CT molecular complexity index is 317. The number of nitrogens with one attached hydrogen (secondary N) is 2. The fourth-order valence-corrected chi connectivity index (χ4v) is 2.51. The van der Waals surface area contributed by atoms with Gasteiger partial charge in [-0.25, -0.2) is 4.39 Å². The molecule has 1 aromatic carbocycles. The van der Waals surface area contributed by atoms with Crippen LogP contribution in [0.15, 0.2) is 24.3 Å². The molecule has 0 amide bonds. The van der Waals surface area contributed by atoms with Gasteiger partial charge in [-0.3, -0.25) is 0 Å². The maximum Gasteiger partial charge on any atom is 0.123 e. The number of hydrogen-bond acceptors (Lipinski definition) is 2. The molecule has 0 bridgehead atoms. The highest BCUT2D eigenvalue weighted by Crippen LogP contribution is 2.28. The first-order valence-electron chi connectivity index (χ1n) is 5.92. The smallest absolute Gasteiger partial charge is 0.123 e. The van der Waals surface area contributed by atoms with Gasteiger partial charge in [0.15, 0.2) is 0 Å². The summed E-state index contributed by atoms with van der Waals surface area (Å²) in [4.78, 5) is 0. The Kier molecular flexibility index (Phi) is 3.91. The van der Waals surface area contributed by atoms with Gasteiger partial charge in [-0.15, -0.1) is 0 Å². The van der Waals surface area contributed by atoms with E-state index in [1.165, 1.54) is 12.0 Å². The molecule has 0 radical (unpaired) electrons. The molecule has 0 aliphatic carbocycles. The van der Waals surface area contributed by atoms with Crippen molar-refractivity contribution in [3.05, 3.63) is 35.6 Å². The standard InChI is InChI=1S/C13H19FN2/c1-15-9-13(11-6-7-16-8-11)10-2-4-12(14)5-3-10/h2-5,11,13,15-16H,6-9H2,1H3. The molecule has 1 fully saturated rings. The molecule has 88 valence electrons. The molecule has 2 unspecified atom stereocenters. The highest BCUT2D eigenvalue weighted by molar-refractivity contribution is 5.22. The Morgan fingerprint density at radius 1 is 1.44 bits per heavy atom. The third-order valence-corrected chi connectivity index (χ3v) is 3.39. The molecule has 2 N–H and O–H groups in total. The Labute approximate surface area is 96.2 Å². The zero-order valence-electron chi connectivity index (χ0n) is 9.67. The lowest BCUT2D eigenvalue weighted by molar-refractivity contribution is 0.442. The van der Waals surface area contributed by atoms with Crippen LogP contribution in [0.25, 0.3) is 0 Å². The number of likely N-dealkylation sites (N-methyl/N-ethyl adjacent to an activating group) is 1. The Hall–Kier alpha value is -0.930. The largest absolute Gasteiger partial charge is 0.319 e. The van der Waals surface area contributed by atoms with E-state index in [9.17, 15) is 4.39 Å². The summed E-state index contributed by atoms with van der Waals surface area (Å²) in [6, 6.07) is 6.94. The van der Waals surface area contributed by atoms with Gasteiger partial charge in [0.1, 0.15) is 5.82 Å². The van der Waals surface area contributed by atoms with Crippen LogP contribution in [0.1, 0.15) is 17.9 Å². The van der Waals surface area contributed by atoms with E-state index in [2.05, 4.69) is 10.6 Å². The van der Waals surface area contributed by atoms with Crippen LogP contribution in [0.3, 0.4) is 0 Å². The monoisotopic (exact) mass is 222 g/mol. The first kappa shape index (κ1) is 11.6. The van der Waals surface area contributed by atoms with E-state index in [-0.39, 0.29) is 5.82 Å². The molecule has 1 aliphatic rings. The minimum Gasteiger partial charge on any atom is -0.319 e. The number of hydrogen-bond donors (Lipinski definition) is 2. The molecule has 1 aromatic rings. The van der Waals surface area contributed by atoms with Crippen LogP contribution in [0.4, 0.5) is 4.39 Å². The van der Waals surface area contributed by atoms with Crippen LogP contribution < -0.4 is 10.6 Å². The minimum absolute atomic E-state index is 0.156. The van der Waals surface area contributed by atoms with Crippen LogP contribution in [0, 0.1) is 11.7 Å². The Balaban J connectivity index is 2.14. The molecule has 0 saturated carbocycles. The van der Waals surface area contributed by atoms with Crippen molar-refractivity contribution >= 4 is 0 Å². The molecule has 2 rings (SSSR count). The van der Waals surface area contributed by atoms with Crippen molar-refractivity contribution in [3.63, 3.8) is 0 Å². The zero-order chi connectivity index (χ0) is 11.4. The summed E-state index contributed by atoms with van der Waals surface area (Å²) in [7, 11) is 1.97. The SMILES string of the molecule is CNCC(c1ccc(F)cc1)C1CCNC1. The van der Waals surface area contributed by atoms with E-state index < -0.39 is 0 Å². The van der Waals surface area contributed by atoms with Gasteiger partial charge in [0.05, 0.1) is 0 Å². The third-order valence-electron chi connectivity index (χ3n) is 3.39. The summed E-state index contributed by atoms with van der Waals surface area (Å²) in [5.41, 5.74) is 1.24. The van der Waals surface area contributed by atoms with E-state index in [0.29, 0.717) is 11.8 Å². The summed E-state index contributed by atoms with van der Waals surface area (Å²) < 4.78 is 12.9. The van der Waals surface area contributed by atoms with E-state index in [1.807, 2.05) is 19.2 Å². The van der Waals surface area contributed by atoms with E-state index in [0.717, 1.165) is 19.6 Å². The summed E-state index contributed by atoms with van der Waals surface area (Å²) >= 11 is 0. The summed E-state index contributed by atoms with van der Waals surface area (Å²) in [6.07, 6.45) is 1.21. The van der Waals surface area contributed by atoms with Gasteiger partial charge < -0.3 is 10.6 Å². The predicted octanol–water partition coefficient (Wildman–Crippen LogP) is 1.74. The second-order valence-electron chi connectivity index (χ2n) is 4.47. The molecule has 3 heteroatoms. The third kappa shape index (κ3) is 2.60. The van der Waals surface area contributed by atoms with Crippen molar-refractivity contribution in [1.29, 1.82) is 0 Å². The maximum atomic E-state index is 12.9. The molecular formula is C13H19FN2. The lowest BCUT2D eigenvalue weighted by Gasteiger charge is -2.23. The predicted molar refractivity (Wildman–Crippen MR) is 64.0 cm³/mol. The van der Waals surface area contributed by atoms with E-state index >= 15 is 0 Å². The lowest BCUT2D eigenvalue weighted by Crippen LogP contribution is -2.25. The van der Waals surface area contributed by atoms with Crippen LogP contribution >= 0.6 is 0 Å². The van der Waals surface area contributed by atoms with Crippen molar-refractivity contribution in [2.75, 3.05) is 26.7 Å². The van der Waals surface area contributed by atoms with Crippen molar-refractivity contribution < 1.29 is 4.39 Å². The molecule has 0 spiro atoms. The van der Waals surface area contributed by atoms with Crippen LogP contribution in [-0.2, 0) is 0 Å². The molecular weight excluding hydrogens is 203 g/mol. The molecule has 0 aromatic heterocycles. The van der Waals surface area contributed by atoms with Gasteiger partial charge >= 0.3 is 0 Å². The van der Waals surface area contributed by atoms with Gasteiger partial charge in [-0.1, -0.05) is 12.1 Å². The first-order chi connectivity index (χ1) is 7.81. The highest BCUT2D eigenvalue weighted by Gasteiger charge is 2.25. The topological polar surface area (TPSA) is 24.1 Å². The number of benzene rings is 1. The van der Waals surface area contributed by atoms with E-state index in [4.69, 9.17) is 0 Å². The summed E-state index contributed by atoms with van der Waals surface area (Å²) in [6.45, 7) is 3.13. The normalized spacial score (nSPS) is 22.2. The average Bonchev–Trinajstić information content (AvgIpc) is 2.81. The second kappa shape index (κ2) is 5.41. The quantitative estimate of drug-likeness (QED) is 0.811. The van der Waals surface area contributed by atoms with Crippen LogP contribution in [0.2, 0.25) is 0 Å². The van der Waals surface area contributed by atoms with Crippen molar-refractivity contribution in [2.24, 2.45) is 5.92 Å². The Morgan fingerprint density at radius 3 is 2.75 bits per heavy atom. The van der Waals surface area contributed by atoms with Crippen molar-refractivity contribution in [3.8, 4) is 0 Å². The zero-order valence-corrected chi connectivity index (χ0v) is 9.67. The fourth-order valence-electron chi connectivity index (χ4n) is 2.51. The summed E-state index contributed by atoms with van der Waals surface area (Å²) in [5, 5.41) is 6.63. The molecule has 16 heavy (non-hydrogen) atoms. The van der Waals surface area contributed by atoms with Gasteiger partial charge in [0.2, 0.25) is 0 Å². The lowest BCUT2D eigenvalue weighted by atomic mass is 9.85. The van der Waals surface area contributed by atoms with Crippen molar-refractivity contribution in [2.45, 2.75) is 12.3 Å². The fraction of sp³-hybridized carbons (Fsp3) is 0.538. The molecule has 1 aliphatic heterocycles.